The van der Waals surface area contributed by atoms with E-state index in [2.05, 4.69) is 6.08 Å². The minimum Gasteiger partial charge on any atom is -0.281 e. The number of carbonyl (C=O) groups excluding carboxylic acids is 2. The lowest BCUT2D eigenvalue weighted by Crippen LogP contribution is -2.33. The smallest absolute Gasteiger partial charge is 0.242 e. The van der Waals surface area contributed by atoms with E-state index in [1.54, 1.807) is 11.8 Å². The van der Waals surface area contributed by atoms with Crippen LogP contribution < -0.4 is 0 Å². The molecule has 90 valence electrons. The van der Waals surface area contributed by atoms with Crippen LogP contribution in [-0.4, -0.2) is 46.3 Å². The molecule has 0 aromatic carbocycles. The van der Waals surface area contributed by atoms with Gasteiger partial charge in [-0.15, -0.1) is 0 Å². The second-order valence-electron chi connectivity index (χ2n) is 3.46. The van der Waals surface area contributed by atoms with Crippen molar-refractivity contribution in [3.63, 3.8) is 0 Å². The van der Waals surface area contributed by atoms with Gasteiger partial charge in [-0.05, 0) is 13.2 Å². The summed E-state index contributed by atoms with van der Waals surface area (Å²) < 4.78 is 0. The van der Waals surface area contributed by atoms with Gasteiger partial charge in [0.25, 0.3) is 0 Å². The van der Waals surface area contributed by atoms with E-state index in [1.807, 2.05) is 19.3 Å². The number of rotatable bonds is 6. The van der Waals surface area contributed by atoms with E-state index in [9.17, 15) is 9.59 Å². The Bertz CT molecular complexity index is 292. The van der Waals surface area contributed by atoms with Crippen molar-refractivity contribution in [1.29, 1.82) is 0 Å². The Kier molecular flexibility index (Phi) is 5.98. The normalized spacial score (nSPS) is 21.4. The molecule has 2 amide bonds. The van der Waals surface area contributed by atoms with Gasteiger partial charge in [-0.2, -0.15) is 23.5 Å². The van der Waals surface area contributed by atoms with E-state index in [0.29, 0.717) is 13.0 Å². The first kappa shape index (κ1) is 13.6. The molecule has 0 aromatic heterocycles. The lowest BCUT2D eigenvalue weighted by atomic mass is 10.4. The summed E-state index contributed by atoms with van der Waals surface area (Å²) in [5.74, 6) is 1.74. The van der Waals surface area contributed by atoms with Crippen molar-refractivity contribution in [2.75, 3.05) is 24.3 Å². The van der Waals surface area contributed by atoms with Crippen molar-refractivity contribution < 1.29 is 9.59 Å². The van der Waals surface area contributed by atoms with E-state index < -0.39 is 0 Å². The van der Waals surface area contributed by atoms with Crippen molar-refractivity contribution in [2.24, 2.45) is 0 Å². The topological polar surface area (TPSA) is 37.4 Å². The van der Waals surface area contributed by atoms with Crippen molar-refractivity contribution >= 4 is 35.3 Å². The molecule has 0 spiro atoms. The third kappa shape index (κ3) is 3.56. The summed E-state index contributed by atoms with van der Waals surface area (Å²) in [5.41, 5.74) is 0. The molecule has 1 unspecified atom stereocenters. The number of allylic oxidation sites excluding steroid dienone is 1. The Morgan fingerprint density at radius 3 is 2.81 bits per heavy atom. The maximum absolute atomic E-state index is 11.7. The van der Waals surface area contributed by atoms with Gasteiger partial charge in [-0.25, -0.2) is 0 Å². The van der Waals surface area contributed by atoms with Crippen LogP contribution in [0.4, 0.5) is 0 Å². The first-order valence-electron chi connectivity index (χ1n) is 5.26. The van der Waals surface area contributed by atoms with Crippen molar-refractivity contribution in [3.8, 4) is 0 Å². The third-order valence-electron chi connectivity index (χ3n) is 2.40. The fourth-order valence-electron chi connectivity index (χ4n) is 1.48. The highest BCUT2D eigenvalue weighted by Crippen LogP contribution is 2.23. The Hall–Kier alpha value is -0.420. The van der Waals surface area contributed by atoms with Gasteiger partial charge in [0, 0.05) is 24.5 Å². The standard InChI is InChI=1S/C11H17NO2S2/c1-3-4-6-16-7-5-12-10(13)8-9(15-2)11(12)14/h3-4,9H,5-8H2,1-2H3. The van der Waals surface area contributed by atoms with Crippen LogP contribution in [0.15, 0.2) is 12.2 Å². The Morgan fingerprint density at radius 1 is 1.50 bits per heavy atom. The zero-order valence-electron chi connectivity index (χ0n) is 9.64. The van der Waals surface area contributed by atoms with Gasteiger partial charge in [0.1, 0.15) is 0 Å². The predicted molar refractivity (Wildman–Crippen MR) is 70.8 cm³/mol. The average molecular weight is 259 g/mol. The molecule has 1 atom stereocenters. The van der Waals surface area contributed by atoms with Gasteiger partial charge in [0.15, 0.2) is 0 Å². The second-order valence-corrected chi connectivity index (χ2v) is 5.65. The van der Waals surface area contributed by atoms with E-state index in [1.165, 1.54) is 16.7 Å². The van der Waals surface area contributed by atoms with Crippen molar-refractivity contribution in [3.05, 3.63) is 12.2 Å². The zero-order chi connectivity index (χ0) is 12.0. The summed E-state index contributed by atoms with van der Waals surface area (Å²) in [6, 6.07) is 0. The molecule has 1 heterocycles. The quantitative estimate of drug-likeness (QED) is 0.414. The molecule has 1 aliphatic heterocycles. The molecule has 0 radical (unpaired) electrons. The highest BCUT2D eigenvalue weighted by molar-refractivity contribution is 8.00. The molecular weight excluding hydrogens is 242 g/mol. The van der Waals surface area contributed by atoms with Crippen molar-refractivity contribution in [2.45, 2.75) is 18.6 Å². The number of thioether (sulfide) groups is 2. The van der Waals surface area contributed by atoms with E-state index in [0.717, 1.165) is 11.5 Å². The molecule has 16 heavy (non-hydrogen) atoms. The molecule has 0 saturated carbocycles. The van der Waals surface area contributed by atoms with Crippen molar-refractivity contribution in [1.82, 2.24) is 4.90 Å². The summed E-state index contributed by atoms with van der Waals surface area (Å²) in [7, 11) is 0. The van der Waals surface area contributed by atoms with E-state index in [-0.39, 0.29) is 17.1 Å². The van der Waals surface area contributed by atoms with Gasteiger partial charge in [0.05, 0.1) is 5.25 Å². The summed E-state index contributed by atoms with van der Waals surface area (Å²) in [6.07, 6.45) is 6.32. The number of hydrogen-bond donors (Lipinski definition) is 0. The lowest BCUT2D eigenvalue weighted by molar-refractivity contribution is -0.137. The molecule has 0 aliphatic carbocycles. The van der Waals surface area contributed by atoms with Crippen LogP contribution >= 0.6 is 23.5 Å². The summed E-state index contributed by atoms with van der Waals surface area (Å²) in [6.45, 7) is 2.54. The molecule has 1 aliphatic rings. The minimum atomic E-state index is -0.145. The molecule has 0 bridgehead atoms. The highest BCUT2D eigenvalue weighted by atomic mass is 32.2. The van der Waals surface area contributed by atoms with Crippen LogP contribution in [0.1, 0.15) is 13.3 Å². The average Bonchev–Trinajstić information content (AvgIpc) is 2.55. The highest BCUT2D eigenvalue weighted by Gasteiger charge is 2.37. The Morgan fingerprint density at radius 2 is 2.25 bits per heavy atom. The molecule has 0 N–H and O–H groups in total. The maximum atomic E-state index is 11.7. The fourth-order valence-corrected chi connectivity index (χ4v) is 2.92. The first-order chi connectivity index (χ1) is 7.70. The molecule has 0 aromatic rings. The SMILES string of the molecule is CC=CCSCCN1C(=O)CC(SC)C1=O. The number of imide groups is 1. The van der Waals surface area contributed by atoms with Gasteiger partial charge in [-0.3, -0.25) is 14.5 Å². The number of nitrogens with zero attached hydrogens (tertiary/aromatic N) is 1. The summed E-state index contributed by atoms with van der Waals surface area (Å²) in [5, 5.41) is -0.145. The molecular formula is C11H17NO2S2. The van der Waals surface area contributed by atoms with E-state index >= 15 is 0 Å². The maximum Gasteiger partial charge on any atom is 0.242 e. The van der Waals surface area contributed by atoms with Crippen LogP contribution in [0.25, 0.3) is 0 Å². The summed E-state index contributed by atoms with van der Waals surface area (Å²) in [4.78, 5) is 24.7. The monoisotopic (exact) mass is 259 g/mol. The number of likely N-dealkylation sites (tertiary alicyclic amines) is 1. The molecule has 1 rings (SSSR count). The Labute approximate surface area is 105 Å². The third-order valence-corrected chi connectivity index (χ3v) is 4.23. The van der Waals surface area contributed by atoms with Crippen LogP contribution in [0, 0.1) is 0 Å². The molecule has 3 nitrogen and oxygen atoms in total. The lowest BCUT2D eigenvalue weighted by Gasteiger charge is -2.13. The van der Waals surface area contributed by atoms with Gasteiger partial charge < -0.3 is 0 Å². The second kappa shape index (κ2) is 7.01. The van der Waals surface area contributed by atoms with Gasteiger partial charge >= 0.3 is 0 Å². The molecule has 5 heteroatoms. The van der Waals surface area contributed by atoms with Gasteiger partial charge in [0.2, 0.25) is 11.8 Å². The number of amides is 2. The number of hydrogen-bond acceptors (Lipinski definition) is 4. The summed E-state index contributed by atoms with van der Waals surface area (Å²) >= 11 is 3.20. The largest absolute Gasteiger partial charge is 0.281 e. The Balaban J connectivity index is 2.31. The van der Waals surface area contributed by atoms with Gasteiger partial charge in [-0.1, -0.05) is 12.2 Å². The zero-order valence-corrected chi connectivity index (χ0v) is 11.3. The minimum absolute atomic E-state index is 0.0101. The van der Waals surface area contributed by atoms with Crippen LogP contribution in [0.2, 0.25) is 0 Å². The predicted octanol–water partition coefficient (Wildman–Crippen LogP) is 1.79. The van der Waals surface area contributed by atoms with E-state index in [4.69, 9.17) is 0 Å². The van der Waals surface area contributed by atoms with Crippen LogP contribution in [0.5, 0.6) is 0 Å². The molecule has 1 fully saturated rings. The van der Waals surface area contributed by atoms with Crippen LogP contribution in [0.3, 0.4) is 0 Å². The fraction of sp³-hybridized carbons (Fsp3) is 0.636. The van der Waals surface area contributed by atoms with Crippen LogP contribution in [-0.2, 0) is 9.59 Å². The molecule has 1 saturated heterocycles. The first-order valence-corrected chi connectivity index (χ1v) is 7.71. The number of carbonyl (C=O) groups is 2.